The highest BCUT2D eigenvalue weighted by Crippen LogP contribution is 2.42. The predicted molar refractivity (Wildman–Crippen MR) is 47.3 cm³/mol. The maximum absolute atomic E-state index is 2.35. The Kier molecular flexibility index (Phi) is 3.95. The largest absolute Gasteiger partial charge is 0.304 e. The fourth-order valence-electron chi connectivity index (χ4n) is 1.26. The highest BCUT2D eigenvalue weighted by molar-refractivity contribution is 5.00. The third kappa shape index (κ3) is 1.98. The Bertz CT molecular complexity index is 82.7. The summed E-state index contributed by atoms with van der Waals surface area (Å²) in [4.78, 5) is 2.35. The van der Waals surface area contributed by atoms with E-state index in [1.54, 1.807) is 0 Å². The molecule has 1 nitrogen and oxygen atoms in total. The molecule has 0 bridgehead atoms. The van der Waals surface area contributed by atoms with Crippen LogP contribution in [0.3, 0.4) is 0 Å². The molecule has 62 valence electrons. The van der Waals surface area contributed by atoms with Crippen LogP contribution in [-0.2, 0) is 0 Å². The molecule has 0 unspecified atom stereocenters. The molecule has 1 aliphatic rings. The molecule has 0 atom stereocenters. The Morgan fingerprint density at radius 3 is 1.60 bits per heavy atom. The van der Waals surface area contributed by atoms with Crippen molar-refractivity contribution in [2.75, 3.05) is 14.1 Å². The minimum Gasteiger partial charge on any atom is -0.304 e. The van der Waals surface area contributed by atoms with Gasteiger partial charge in [-0.1, -0.05) is 20.8 Å². The van der Waals surface area contributed by atoms with Crippen molar-refractivity contribution >= 4 is 0 Å². The van der Waals surface area contributed by atoms with Gasteiger partial charge in [0.2, 0.25) is 0 Å². The summed E-state index contributed by atoms with van der Waals surface area (Å²) in [7, 11) is 4.35. The fraction of sp³-hybridized carbons (Fsp3) is 1.00. The Hall–Kier alpha value is -0.0400. The van der Waals surface area contributed by atoms with Gasteiger partial charge < -0.3 is 4.90 Å². The van der Waals surface area contributed by atoms with E-state index in [2.05, 4.69) is 25.9 Å². The highest BCUT2D eigenvalue weighted by atomic mass is 15.2. The summed E-state index contributed by atoms with van der Waals surface area (Å²) in [6.07, 6.45) is 4.15. The summed E-state index contributed by atoms with van der Waals surface area (Å²) >= 11 is 0. The van der Waals surface area contributed by atoms with Crippen molar-refractivity contribution in [2.24, 2.45) is 0 Å². The number of rotatable bonds is 2. The molecule has 1 rings (SSSR count). The summed E-state index contributed by atoms with van der Waals surface area (Å²) < 4.78 is 0. The summed E-state index contributed by atoms with van der Waals surface area (Å²) in [6.45, 7) is 6.27. The minimum absolute atomic E-state index is 0.625. The molecule has 0 saturated heterocycles. The van der Waals surface area contributed by atoms with Crippen LogP contribution in [0.4, 0.5) is 0 Å². The third-order valence-electron chi connectivity index (χ3n) is 2.43. The lowest BCUT2D eigenvalue weighted by molar-refractivity contribution is 0.264. The average molecular weight is 143 g/mol. The lowest BCUT2D eigenvalue weighted by atomic mass is 10.2. The molecule has 0 aromatic carbocycles. The van der Waals surface area contributed by atoms with Crippen LogP contribution < -0.4 is 0 Å². The molecule has 1 fully saturated rings. The van der Waals surface area contributed by atoms with Crippen molar-refractivity contribution in [3.05, 3.63) is 0 Å². The van der Waals surface area contributed by atoms with E-state index in [1.807, 2.05) is 13.8 Å². The molecule has 1 saturated carbocycles. The molecule has 0 heterocycles. The van der Waals surface area contributed by atoms with Gasteiger partial charge in [-0.3, -0.25) is 0 Å². The van der Waals surface area contributed by atoms with Gasteiger partial charge in [-0.2, -0.15) is 0 Å². The first-order chi connectivity index (χ1) is 4.71. The Morgan fingerprint density at radius 1 is 1.20 bits per heavy atom. The first kappa shape index (κ1) is 9.96. The van der Waals surface area contributed by atoms with Gasteiger partial charge >= 0.3 is 0 Å². The van der Waals surface area contributed by atoms with Gasteiger partial charge in [-0.05, 0) is 33.4 Å². The smallest absolute Gasteiger partial charge is 0.0202 e. The van der Waals surface area contributed by atoms with Crippen molar-refractivity contribution in [2.45, 2.75) is 45.6 Å². The van der Waals surface area contributed by atoms with Crippen LogP contribution in [0.25, 0.3) is 0 Å². The number of nitrogens with zero attached hydrogens (tertiary/aromatic N) is 1. The second-order valence-electron chi connectivity index (χ2n) is 2.97. The maximum Gasteiger partial charge on any atom is 0.0202 e. The zero-order valence-corrected chi connectivity index (χ0v) is 8.07. The molecular formula is C9H21N. The zero-order chi connectivity index (χ0) is 8.20. The van der Waals surface area contributed by atoms with Gasteiger partial charge in [-0.15, -0.1) is 0 Å². The van der Waals surface area contributed by atoms with Gasteiger partial charge in [0.15, 0.2) is 0 Å². The van der Waals surface area contributed by atoms with Crippen LogP contribution in [0.15, 0.2) is 0 Å². The Labute approximate surface area is 65.4 Å². The van der Waals surface area contributed by atoms with E-state index in [1.165, 1.54) is 19.3 Å². The van der Waals surface area contributed by atoms with Gasteiger partial charge in [0.05, 0.1) is 0 Å². The van der Waals surface area contributed by atoms with Crippen LogP contribution in [0.5, 0.6) is 0 Å². The van der Waals surface area contributed by atoms with Crippen LogP contribution in [0.1, 0.15) is 40.0 Å². The van der Waals surface area contributed by atoms with E-state index in [4.69, 9.17) is 0 Å². The molecule has 1 heteroatoms. The molecular weight excluding hydrogens is 122 g/mol. The van der Waals surface area contributed by atoms with Crippen LogP contribution in [0, 0.1) is 0 Å². The standard InChI is InChI=1S/C7H15N.C2H6/c1-4-7(5-6-7)8(2)3;1-2/h4-6H2,1-3H3;1-2H3. The molecule has 10 heavy (non-hydrogen) atoms. The Morgan fingerprint density at radius 2 is 1.60 bits per heavy atom. The highest BCUT2D eigenvalue weighted by Gasteiger charge is 2.42. The summed E-state index contributed by atoms with van der Waals surface area (Å²) in [5, 5.41) is 0. The fourth-order valence-corrected chi connectivity index (χ4v) is 1.26. The molecule has 0 amide bonds. The van der Waals surface area contributed by atoms with Gasteiger partial charge in [-0.25, -0.2) is 0 Å². The summed E-state index contributed by atoms with van der Waals surface area (Å²) in [5.74, 6) is 0. The first-order valence-electron chi connectivity index (χ1n) is 4.39. The third-order valence-corrected chi connectivity index (χ3v) is 2.43. The Balaban J connectivity index is 0.000000371. The van der Waals surface area contributed by atoms with Crippen LogP contribution in [0.2, 0.25) is 0 Å². The van der Waals surface area contributed by atoms with E-state index in [0.717, 1.165) is 0 Å². The van der Waals surface area contributed by atoms with E-state index >= 15 is 0 Å². The lowest BCUT2D eigenvalue weighted by Crippen LogP contribution is -2.28. The van der Waals surface area contributed by atoms with Crippen molar-refractivity contribution in [3.63, 3.8) is 0 Å². The monoisotopic (exact) mass is 143 g/mol. The van der Waals surface area contributed by atoms with Gasteiger partial charge in [0.25, 0.3) is 0 Å². The van der Waals surface area contributed by atoms with Gasteiger partial charge in [0.1, 0.15) is 0 Å². The molecule has 0 aliphatic heterocycles. The summed E-state index contributed by atoms with van der Waals surface area (Å²) in [6, 6.07) is 0. The van der Waals surface area contributed by atoms with Crippen LogP contribution >= 0.6 is 0 Å². The first-order valence-corrected chi connectivity index (χ1v) is 4.39. The zero-order valence-electron chi connectivity index (χ0n) is 8.07. The molecule has 0 spiro atoms. The van der Waals surface area contributed by atoms with E-state index in [9.17, 15) is 0 Å². The normalized spacial score (nSPS) is 19.8. The second kappa shape index (κ2) is 3.97. The molecule has 0 N–H and O–H groups in total. The quantitative estimate of drug-likeness (QED) is 0.574. The maximum atomic E-state index is 2.35. The SMILES string of the molecule is CC.CCC1(N(C)C)CC1. The molecule has 0 radical (unpaired) electrons. The second-order valence-corrected chi connectivity index (χ2v) is 2.97. The summed E-state index contributed by atoms with van der Waals surface area (Å²) in [5.41, 5.74) is 0.625. The lowest BCUT2D eigenvalue weighted by Gasteiger charge is -2.21. The molecule has 1 aliphatic carbocycles. The van der Waals surface area contributed by atoms with Crippen molar-refractivity contribution in [1.82, 2.24) is 4.90 Å². The number of hydrogen-bond donors (Lipinski definition) is 0. The van der Waals surface area contributed by atoms with E-state index in [0.29, 0.717) is 5.54 Å². The average Bonchev–Trinajstić information content (AvgIpc) is 2.71. The van der Waals surface area contributed by atoms with E-state index < -0.39 is 0 Å². The van der Waals surface area contributed by atoms with Crippen molar-refractivity contribution < 1.29 is 0 Å². The van der Waals surface area contributed by atoms with Crippen molar-refractivity contribution in [1.29, 1.82) is 0 Å². The van der Waals surface area contributed by atoms with E-state index in [-0.39, 0.29) is 0 Å². The minimum atomic E-state index is 0.625. The number of hydrogen-bond acceptors (Lipinski definition) is 1. The predicted octanol–water partition coefficient (Wildman–Crippen LogP) is 2.52. The van der Waals surface area contributed by atoms with Gasteiger partial charge in [0, 0.05) is 5.54 Å². The molecule has 0 aromatic rings. The van der Waals surface area contributed by atoms with Crippen LogP contribution in [-0.4, -0.2) is 24.5 Å². The topological polar surface area (TPSA) is 3.24 Å². The van der Waals surface area contributed by atoms with Crippen molar-refractivity contribution in [3.8, 4) is 0 Å². The molecule has 0 aromatic heterocycles.